The topological polar surface area (TPSA) is 45.9 Å². The molecule has 0 aliphatic carbocycles. The molecule has 0 aliphatic rings. The van der Waals surface area contributed by atoms with Crippen LogP contribution in [0.4, 0.5) is 0 Å². The van der Waals surface area contributed by atoms with Crippen LogP contribution in [0.3, 0.4) is 0 Å². The number of rotatable bonds is 5. The van der Waals surface area contributed by atoms with Gasteiger partial charge in [0.2, 0.25) is 0 Å². The summed E-state index contributed by atoms with van der Waals surface area (Å²) in [4.78, 5) is 5.18. The highest BCUT2D eigenvalue weighted by Gasteiger charge is 2.16. The van der Waals surface area contributed by atoms with Crippen LogP contribution in [-0.2, 0) is 11.3 Å². The van der Waals surface area contributed by atoms with Crippen LogP contribution in [0.5, 0.6) is 0 Å². The second-order valence-electron chi connectivity index (χ2n) is 3.39. The largest absolute Gasteiger partial charge is 0.378 e. The molecule has 1 heterocycles. The molecule has 1 aromatic heterocycles. The van der Waals surface area contributed by atoms with Gasteiger partial charge in [0.1, 0.15) is 10.9 Å². The van der Waals surface area contributed by atoms with E-state index in [-0.39, 0.29) is 0 Å². The monoisotopic (exact) mass is 224 g/mol. The van der Waals surface area contributed by atoms with Gasteiger partial charge in [0, 0.05) is 13.0 Å². The molecule has 0 bridgehead atoms. The zero-order chi connectivity index (χ0) is 11.3. The summed E-state index contributed by atoms with van der Waals surface area (Å²) in [6.45, 7) is 4.73. The fraction of sp³-hybridized carbons (Fsp3) is 0.636. The van der Waals surface area contributed by atoms with Crippen LogP contribution in [0, 0.1) is 11.3 Å². The van der Waals surface area contributed by atoms with E-state index in [0.717, 1.165) is 23.5 Å². The van der Waals surface area contributed by atoms with E-state index in [9.17, 15) is 0 Å². The van der Waals surface area contributed by atoms with Crippen molar-refractivity contribution in [2.45, 2.75) is 39.2 Å². The maximum atomic E-state index is 8.95. The number of nitrogens with zero attached hydrogens (tertiary/aromatic N) is 2. The van der Waals surface area contributed by atoms with Gasteiger partial charge in [-0.3, -0.25) is 0 Å². The van der Waals surface area contributed by atoms with Crippen LogP contribution >= 0.6 is 11.3 Å². The highest BCUT2D eigenvalue weighted by Crippen LogP contribution is 2.29. The molecule has 0 atom stereocenters. The maximum Gasteiger partial charge on any atom is 0.130 e. The molecule has 0 aliphatic heterocycles. The van der Waals surface area contributed by atoms with Gasteiger partial charge in [0.05, 0.1) is 17.3 Å². The molecule has 82 valence electrons. The lowest BCUT2D eigenvalue weighted by Crippen LogP contribution is -1.96. The van der Waals surface area contributed by atoms with Crippen LogP contribution in [0.1, 0.15) is 48.2 Å². The van der Waals surface area contributed by atoms with Crippen molar-refractivity contribution in [2.75, 3.05) is 7.11 Å². The quantitative estimate of drug-likeness (QED) is 0.772. The second-order valence-corrected chi connectivity index (χ2v) is 4.42. The maximum absolute atomic E-state index is 8.95. The average Bonchev–Trinajstić information content (AvgIpc) is 2.64. The van der Waals surface area contributed by atoms with E-state index in [1.165, 1.54) is 11.3 Å². The van der Waals surface area contributed by atoms with Crippen molar-refractivity contribution in [3.05, 3.63) is 15.6 Å². The van der Waals surface area contributed by atoms with Crippen molar-refractivity contribution in [3.8, 4) is 6.07 Å². The lowest BCUT2D eigenvalue weighted by atomic mass is 10.1. The van der Waals surface area contributed by atoms with Gasteiger partial charge in [-0.2, -0.15) is 5.26 Å². The minimum absolute atomic E-state index is 0.430. The summed E-state index contributed by atoms with van der Waals surface area (Å²) in [6, 6.07) is 2.18. The zero-order valence-corrected chi connectivity index (χ0v) is 10.2. The number of aromatic nitrogens is 1. The summed E-state index contributed by atoms with van der Waals surface area (Å²) < 4.78 is 5.02. The molecule has 1 aromatic rings. The third kappa shape index (κ3) is 2.77. The van der Waals surface area contributed by atoms with Crippen molar-refractivity contribution in [2.24, 2.45) is 0 Å². The minimum Gasteiger partial charge on any atom is -0.378 e. The molecule has 0 unspecified atom stereocenters. The van der Waals surface area contributed by atoms with Gasteiger partial charge in [0.25, 0.3) is 0 Å². The van der Waals surface area contributed by atoms with Crippen LogP contribution < -0.4 is 0 Å². The van der Waals surface area contributed by atoms with Gasteiger partial charge < -0.3 is 4.74 Å². The SMILES string of the molecule is CCC(CC)c1nc(COC)c(C#N)s1. The first-order chi connectivity index (χ1) is 7.26. The zero-order valence-electron chi connectivity index (χ0n) is 9.41. The smallest absolute Gasteiger partial charge is 0.130 e. The molecular weight excluding hydrogens is 208 g/mol. The lowest BCUT2D eigenvalue weighted by Gasteiger charge is -2.06. The average molecular weight is 224 g/mol. The minimum atomic E-state index is 0.430. The standard InChI is InChI=1S/C11H16N2OS/c1-4-8(5-2)11-13-9(7-14-3)10(6-12)15-11/h8H,4-5,7H2,1-3H3. The van der Waals surface area contributed by atoms with Crippen LogP contribution in [0.2, 0.25) is 0 Å². The predicted molar refractivity (Wildman–Crippen MR) is 60.9 cm³/mol. The highest BCUT2D eigenvalue weighted by molar-refractivity contribution is 7.12. The summed E-state index contributed by atoms with van der Waals surface area (Å²) in [6.07, 6.45) is 2.14. The predicted octanol–water partition coefficient (Wildman–Crippen LogP) is 3.06. The van der Waals surface area contributed by atoms with Gasteiger partial charge >= 0.3 is 0 Å². The third-order valence-corrected chi connectivity index (χ3v) is 3.60. The van der Waals surface area contributed by atoms with Crippen molar-refractivity contribution >= 4 is 11.3 Å². The number of nitriles is 1. The molecule has 1 rings (SSSR count). The Bertz CT molecular complexity index is 350. The molecular formula is C11H16N2OS. The highest BCUT2D eigenvalue weighted by atomic mass is 32.1. The normalized spacial score (nSPS) is 10.6. The van der Waals surface area contributed by atoms with Gasteiger partial charge in [-0.15, -0.1) is 11.3 Å². The molecule has 0 fully saturated rings. The molecule has 0 saturated carbocycles. The van der Waals surface area contributed by atoms with Crippen LogP contribution in [0.15, 0.2) is 0 Å². The van der Waals surface area contributed by atoms with E-state index in [0.29, 0.717) is 17.4 Å². The Hall–Kier alpha value is -0.920. The fourth-order valence-corrected chi connectivity index (χ4v) is 2.64. The van der Waals surface area contributed by atoms with Gasteiger partial charge in [0.15, 0.2) is 0 Å². The van der Waals surface area contributed by atoms with Gasteiger partial charge in [-0.1, -0.05) is 13.8 Å². The van der Waals surface area contributed by atoms with Crippen LogP contribution in [-0.4, -0.2) is 12.1 Å². The second kappa shape index (κ2) is 5.84. The van der Waals surface area contributed by atoms with E-state index >= 15 is 0 Å². The molecule has 0 aromatic carbocycles. The molecule has 0 radical (unpaired) electrons. The molecule has 3 nitrogen and oxygen atoms in total. The molecule has 0 amide bonds. The van der Waals surface area contributed by atoms with Gasteiger partial charge in [-0.25, -0.2) is 4.98 Å². The van der Waals surface area contributed by atoms with Crippen molar-refractivity contribution in [1.29, 1.82) is 5.26 Å². The first-order valence-electron chi connectivity index (χ1n) is 5.15. The Labute approximate surface area is 94.7 Å². The lowest BCUT2D eigenvalue weighted by molar-refractivity contribution is 0.181. The van der Waals surface area contributed by atoms with Crippen LogP contribution in [0.25, 0.3) is 0 Å². The summed E-state index contributed by atoms with van der Waals surface area (Å²) in [7, 11) is 1.62. The summed E-state index contributed by atoms with van der Waals surface area (Å²) in [5, 5.41) is 10.0. The van der Waals surface area contributed by atoms with E-state index < -0.39 is 0 Å². The van der Waals surface area contributed by atoms with Crippen molar-refractivity contribution in [1.82, 2.24) is 4.98 Å². The Morgan fingerprint density at radius 1 is 1.47 bits per heavy atom. The van der Waals surface area contributed by atoms with Crippen molar-refractivity contribution in [3.63, 3.8) is 0 Å². The summed E-state index contributed by atoms with van der Waals surface area (Å²) in [5.41, 5.74) is 0.784. The number of methoxy groups -OCH3 is 1. The fourth-order valence-electron chi connectivity index (χ4n) is 1.50. The Kier molecular flexibility index (Phi) is 4.73. The molecule has 4 heteroatoms. The number of hydrogen-bond donors (Lipinski definition) is 0. The molecule has 0 N–H and O–H groups in total. The first-order valence-corrected chi connectivity index (χ1v) is 5.97. The Morgan fingerprint density at radius 2 is 2.13 bits per heavy atom. The van der Waals surface area contributed by atoms with E-state index in [2.05, 4.69) is 24.9 Å². The number of hydrogen-bond acceptors (Lipinski definition) is 4. The number of ether oxygens (including phenoxy) is 1. The van der Waals surface area contributed by atoms with Crippen molar-refractivity contribution < 1.29 is 4.74 Å². The Morgan fingerprint density at radius 3 is 2.60 bits per heavy atom. The molecule has 15 heavy (non-hydrogen) atoms. The van der Waals surface area contributed by atoms with E-state index in [4.69, 9.17) is 10.00 Å². The Balaban J connectivity index is 2.97. The number of thiazole rings is 1. The van der Waals surface area contributed by atoms with Gasteiger partial charge in [-0.05, 0) is 12.8 Å². The van der Waals surface area contributed by atoms with E-state index in [1.807, 2.05) is 0 Å². The molecule has 0 spiro atoms. The molecule has 0 saturated heterocycles. The summed E-state index contributed by atoms with van der Waals surface area (Å²) in [5.74, 6) is 0.479. The summed E-state index contributed by atoms with van der Waals surface area (Å²) >= 11 is 1.50. The van der Waals surface area contributed by atoms with E-state index in [1.54, 1.807) is 7.11 Å². The third-order valence-electron chi connectivity index (χ3n) is 2.43. The first kappa shape index (κ1) is 12.2.